The number of nitrogens with zero attached hydrogens (tertiary/aromatic N) is 2. The maximum absolute atomic E-state index is 13.4. The Morgan fingerprint density at radius 3 is 2.56 bits per heavy atom. The number of phenols is 1. The highest BCUT2D eigenvalue weighted by Gasteiger charge is 2.39. The van der Waals surface area contributed by atoms with Crippen LogP contribution < -0.4 is 9.47 Å². The van der Waals surface area contributed by atoms with Crippen LogP contribution in [0.1, 0.15) is 29.7 Å². The molecule has 4 rings (SSSR count). The van der Waals surface area contributed by atoms with E-state index in [9.17, 15) is 14.7 Å². The summed E-state index contributed by atoms with van der Waals surface area (Å²) in [5, 5.41) is 10.5. The molecule has 1 aliphatic heterocycles. The molecule has 2 aromatic carbocycles. The van der Waals surface area contributed by atoms with Gasteiger partial charge in [-0.3, -0.25) is 14.5 Å². The molecule has 0 saturated carbocycles. The number of methoxy groups -OCH3 is 1. The minimum Gasteiger partial charge on any atom is -0.508 e. The summed E-state index contributed by atoms with van der Waals surface area (Å²) in [5.74, 6) is 1.30. The summed E-state index contributed by atoms with van der Waals surface area (Å²) >= 11 is 11.8. The fraction of sp³-hybridized carbons (Fsp3) is 0.440. The number of rotatable bonds is 8. The number of esters is 1. The molecular weight excluding hydrogens is 479 g/mol. The van der Waals surface area contributed by atoms with Crippen LogP contribution in [0, 0.1) is 0 Å². The van der Waals surface area contributed by atoms with Crippen LogP contribution in [-0.4, -0.2) is 71.8 Å². The molecule has 0 aromatic heterocycles. The summed E-state index contributed by atoms with van der Waals surface area (Å²) < 4.78 is 11.1. The van der Waals surface area contributed by atoms with Crippen LogP contribution in [0.25, 0.3) is 11.1 Å². The average molecular weight is 507 g/mol. The predicted octanol–water partition coefficient (Wildman–Crippen LogP) is 3.75. The molecular formula is C25H28Cl2N2O5. The van der Waals surface area contributed by atoms with E-state index in [-0.39, 0.29) is 24.2 Å². The molecule has 1 unspecified atom stereocenters. The third kappa shape index (κ3) is 4.69. The minimum atomic E-state index is -0.460. The van der Waals surface area contributed by atoms with Crippen LogP contribution in [0.15, 0.2) is 24.3 Å². The van der Waals surface area contributed by atoms with E-state index >= 15 is 0 Å². The monoisotopic (exact) mass is 506 g/mol. The Bertz CT molecular complexity index is 1100. The van der Waals surface area contributed by atoms with Crippen LogP contribution in [-0.2, 0) is 22.4 Å². The number of carbonyl (C=O) groups excluding carboxylic acids is 2. The lowest BCUT2D eigenvalue weighted by Crippen LogP contribution is -2.47. The zero-order valence-electron chi connectivity index (χ0n) is 19.3. The van der Waals surface area contributed by atoms with Crippen molar-refractivity contribution < 1.29 is 24.2 Å². The van der Waals surface area contributed by atoms with Crippen molar-refractivity contribution >= 4 is 35.1 Å². The second-order valence-corrected chi connectivity index (χ2v) is 9.26. The molecule has 182 valence electrons. The highest BCUT2D eigenvalue weighted by molar-refractivity contribution is 6.18. The summed E-state index contributed by atoms with van der Waals surface area (Å²) in [6.45, 7) is 3.31. The van der Waals surface area contributed by atoms with Gasteiger partial charge in [0.1, 0.15) is 5.75 Å². The minimum absolute atomic E-state index is 0.0158. The van der Waals surface area contributed by atoms with Gasteiger partial charge in [0.25, 0.3) is 0 Å². The molecule has 0 saturated heterocycles. The van der Waals surface area contributed by atoms with Gasteiger partial charge < -0.3 is 19.5 Å². The second kappa shape index (κ2) is 10.4. The number of hydrogen-bond acceptors (Lipinski definition) is 6. The molecule has 2 aliphatic rings. The maximum Gasteiger partial charge on any atom is 0.308 e. The quantitative estimate of drug-likeness (QED) is 0.333. The maximum atomic E-state index is 13.4. The number of benzene rings is 2. The molecule has 1 atom stereocenters. The Morgan fingerprint density at radius 1 is 1.18 bits per heavy atom. The number of amides is 1. The lowest BCUT2D eigenvalue weighted by molar-refractivity contribution is -0.135. The van der Waals surface area contributed by atoms with E-state index in [0.717, 1.165) is 27.8 Å². The fourth-order valence-corrected chi connectivity index (χ4v) is 5.52. The summed E-state index contributed by atoms with van der Waals surface area (Å²) in [7, 11) is 1.52. The smallest absolute Gasteiger partial charge is 0.308 e. The van der Waals surface area contributed by atoms with E-state index in [0.29, 0.717) is 55.7 Å². The van der Waals surface area contributed by atoms with Crippen molar-refractivity contribution in [2.75, 3.05) is 45.0 Å². The van der Waals surface area contributed by atoms with Gasteiger partial charge in [0.05, 0.1) is 19.7 Å². The Hall–Kier alpha value is -2.48. The SMILES string of the molecule is COc1ccc2c(c1OC(C)=O)-c1cc(O)cc3c1C(C2)N(C(=O)CN(CCCl)CCCl)CC3. The van der Waals surface area contributed by atoms with Crippen molar-refractivity contribution in [2.45, 2.75) is 25.8 Å². The van der Waals surface area contributed by atoms with Gasteiger partial charge in [-0.15, -0.1) is 23.2 Å². The van der Waals surface area contributed by atoms with Crippen molar-refractivity contribution in [3.8, 4) is 28.4 Å². The Morgan fingerprint density at radius 2 is 1.91 bits per heavy atom. The molecule has 1 amide bonds. The summed E-state index contributed by atoms with van der Waals surface area (Å²) in [6, 6.07) is 6.95. The van der Waals surface area contributed by atoms with Gasteiger partial charge in [0.2, 0.25) is 5.91 Å². The molecule has 34 heavy (non-hydrogen) atoms. The number of carbonyl (C=O) groups is 2. The van der Waals surface area contributed by atoms with Crippen LogP contribution in [0.4, 0.5) is 0 Å². The van der Waals surface area contributed by atoms with Gasteiger partial charge in [-0.05, 0) is 53.3 Å². The standard InChI is InChI=1S/C25H28Cl2N2O5/c1-15(30)34-25-21(33-2)4-3-16-12-20-23-17(11-18(31)13-19(23)24(16)25)5-8-29(20)22(32)14-28(9-6-26)10-7-27/h3-4,11,13,20,31H,5-10,12,14H2,1-2H3. The molecule has 0 spiro atoms. The van der Waals surface area contributed by atoms with E-state index < -0.39 is 5.97 Å². The van der Waals surface area contributed by atoms with Gasteiger partial charge in [-0.1, -0.05) is 6.07 Å². The highest BCUT2D eigenvalue weighted by Crippen LogP contribution is 2.52. The molecule has 0 bridgehead atoms. The van der Waals surface area contributed by atoms with Crippen molar-refractivity contribution in [1.29, 1.82) is 0 Å². The Balaban J connectivity index is 1.78. The molecule has 0 fully saturated rings. The molecule has 1 N–H and O–H groups in total. The number of aromatic hydroxyl groups is 1. The number of alkyl halides is 2. The third-order valence-electron chi connectivity index (χ3n) is 6.42. The van der Waals surface area contributed by atoms with Crippen LogP contribution in [0.3, 0.4) is 0 Å². The van der Waals surface area contributed by atoms with Crippen molar-refractivity contribution in [1.82, 2.24) is 9.80 Å². The normalized spacial score (nSPS) is 16.1. The topological polar surface area (TPSA) is 79.3 Å². The Labute approximate surface area is 209 Å². The van der Waals surface area contributed by atoms with Crippen molar-refractivity contribution in [3.05, 3.63) is 41.0 Å². The number of fused-ring (bicyclic) bond motifs is 2. The van der Waals surface area contributed by atoms with E-state index in [1.807, 2.05) is 15.9 Å². The van der Waals surface area contributed by atoms with E-state index in [1.165, 1.54) is 14.0 Å². The first-order valence-electron chi connectivity index (χ1n) is 11.3. The second-order valence-electron chi connectivity index (χ2n) is 8.50. The first-order valence-corrected chi connectivity index (χ1v) is 12.3. The van der Waals surface area contributed by atoms with Crippen molar-refractivity contribution in [2.24, 2.45) is 0 Å². The summed E-state index contributed by atoms with van der Waals surface area (Å²) in [5.41, 5.74) is 4.37. The first-order chi connectivity index (χ1) is 16.4. The number of halogens is 2. The zero-order valence-corrected chi connectivity index (χ0v) is 20.8. The average Bonchev–Trinajstić information content (AvgIpc) is 2.79. The molecule has 2 aromatic rings. The lowest BCUT2D eigenvalue weighted by Gasteiger charge is -2.42. The molecule has 9 heteroatoms. The molecule has 7 nitrogen and oxygen atoms in total. The van der Waals surface area contributed by atoms with E-state index in [2.05, 4.69) is 0 Å². The summed E-state index contributed by atoms with van der Waals surface area (Å²) in [4.78, 5) is 29.2. The van der Waals surface area contributed by atoms with E-state index in [4.69, 9.17) is 32.7 Å². The van der Waals surface area contributed by atoms with E-state index in [1.54, 1.807) is 18.2 Å². The van der Waals surface area contributed by atoms with Gasteiger partial charge in [0, 0.05) is 43.9 Å². The molecule has 1 aliphatic carbocycles. The highest BCUT2D eigenvalue weighted by atomic mass is 35.5. The van der Waals surface area contributed by atoms with Gasteiger partial charge >= 0.3 is 5.97 Å². The predicted molar refractivity (Wildman–Crippen MR) is 131 cm³/mol. The molecule has 1 heterocycles. The third-order valence-corrected chi connectivity index (χ3v) is 6.76. The van der Waals surface area contributed by atoms with Crippen molar-refractivity contribution in [3.63, 3.8) is 0 Å². The fourth-order valence-electron chi connectivity index (χ4n) is 5.04. The number of ether oxygens (including phenoxy) is 2. The molecule has 0 radical (unpaired) electrons. The Kier molecular flexibility index (Phi) is 7.55. The number of phenolic OH excluding ortho intramolecular Hbond substituents is 1. The van der Waals surface area contributed by atoms with Crippen LogP contribution in [0.5, 0.6) is 17.2 Å². The van der Waals surface area contributed by atoms with Crippen LogP contribution in [0.2, 0.25) is 0 Å². The summed E-state index contributed by atoms with van der Waals surface area (Å²) in [6.07, 6.45) is 1.18. The zero-order chi connectivity index (χ0) is 24.4. The van der Waals surface area contributed by atoms with Crippen LogP contribution >= 0.6 is 23.2 Å². The lowest BCUT2D eigenvalue weighted by atomic mass is 9.76. The number of hydrogen-bond donors (Lipinski definition) is 1. The van der Waals surface area contributed by atoms with Gasteiger partial charge in [-0.2, -0.15) is 0 Å². The van der Waals surface area contributed by atoms with Gasteiger partial charge in [0.15, 0.2) is 11.5 Å². The first kappa shape index (κ1) is 24.6. The largest absolute Gasteiger partial charge is 0.508 e. The van der Waals surface area contributed by atoms with Gasteiger partial charge in [-0.25, -0.2) is 0 Å².